The number of benzene rings is 1. The second-order valence-electron chi connectivity index (χ2n) is 3.75. The van der Waals surface area contributed by atoms with Crippen molar-refractivity contribution in [1.82, 2.24) is 4.57 Å². The molecule has 0 amide bonds. The molecule has 0 saturated heterocycles. The Morgan fingerprint density at radius 1 is 1.00 bits per heavy atom. The Labute approximate surface area is 107 Å². The van der Waals surface area contributed by atoms with Crippen molar-refractivity contribution in [3.8, 4) is 5.69 Å². The van der Waals surface area contributed by atoms with Crippen LogP contribution in [-0.4, -0.2) is 26.7 Å². The van der Waals surface area contributed by atoms with Gasteiger partial charge >= 0.3 is 11.9 Å². The first-order chi connectivity index (χ1) is 9.00. The van der Waals surface area contributed by atoms with Crippen molar-refractivity contribution in [2.75, 3.05) is 0 Å². The van der Waals surface area contributed by atoms with Crippen LogP contribution in [0.5, 0.6) is 0 Å². The smallest absolute Gasteiger partial charge is 0.353 e. The summed E-state index contributed by atoms with van der Waals surface area (Å²) in [4.78, 5) is 33.6. The Morgan fingerprint density at radius 3 is 2.16 bits per heavy atom. The van der Waals surface area contributed by atoms with E-state index in [1.165, 1.54) is 0 Å². The molecule has 0 aliphatic rings. The Balaban J connectivity index is 2.77. The van der Waals surface area contributed by atoms with Gasteiger partial charge in [-0.15, -0.1) is 0 Å². The summed E-state index contributed by atoms with van der Waals surface area (Å²) in [5.41, 5.74) is -1.14. The molecule has 2 rings (SSSR count). The van der Waals surface area contributed by atoms with Gasteiger partial charge in [0, 0.05) is 18.0 Å². The number of carboxylic acid groups (broad SMARTS) is 2. The molecule has 6 nitrogen and oxygen atoms in total. The second-order valence-corrected chi connectivity index (χ2v) is 3.75. The fourth-order valence-corrected chi connectivity index (χ4v) is 1.66. The maximum Gasteiger partial charge on any atom is 0.353 e. The Bertz CT molecular complexity index is 703. The first-order valence-electron chi connectivity index (χ1n) is 5.29. The van der Waals surface area contributed by atoms with Crippen LogP contribution in [0.25, 0.3) is 5.69 Å². The van der Waals surface area contributed by atoms with Gasteiger partial charge in [0.05, 0.1) is 0 Å². The van der Waals surface area contributed by atoms with E-state index in [-0.39, 0.29) is 5.69 Å². The van der Waals surface area contributed by atoms with Gasteiger partial charge in [0.2, 0.25) is 0 Å². The average molecular weight is 259 g/mol. The lowest BCUT2D eigenvalue weighted by atomic mass is 10.2. The van der Waals surface area contributed by atoms with E-state index in [0.717, 1.165) is 16.8 Å². The standard InChI is InChI=1S/C13H9NO5/c15-11-6-10(13(18)19)14(7-9(11)12(16)17)8-4-2-1-3-5-8/h1-7H,(H,16,17)(H,18,19). The highest BCUT2D eigenvalue weighted by atomic mass is 16.4. The molecule has 0 atom stereocenters. The van der Waals surface area contributed by atoms with Gasteiger partial charge in [-0.25, -0.2) is 9.59 Å². The van der Waals surface area contributed by atoms with Crippen LogP contribution in [0.4, 0.5) is 0 Å². The number of hydrogen-bond donors (Lipinski definition) is 2. The molecule has 0 radical (unpaired) electrons. The zero-order chi connectivity index (χ0) is 14.0. The second kappa shape index (κ2) is 4.77. The molecule has 0 aliphatic heterocycles. The predicted octanol–water partition coefficient (Wildman–Crippen LogP) is 1.23. The number of hydrogen-bond acceptors (Lipinski definition) is 3. The van der Waals surface area contributed by atoms with Gasteiger partial charge in [-0.3, -0.25) is 4.79 Å². The fraction of sp³-hybridized carbons (Fsp3) is 0. The molecule has 0 aliphatic carbocycles. The number of carbonyl (C=O) groups is 2. The fourth-order valence-electron chi connectivity index (χ4n) is 1.66. The summed E-state index contributed by atoms with van der Waals surface area (Å²) in [6.45, 7) is 0. The van der Waals surface area contributed by atoms with Crippen LogP contribution in [0, 0.1) is 0 Å². The van der Waals surface area contributed by atoms with Gasteiger partial charge in [-0.2, -0.15) is 0 Å². The molecule has 0 bridgehead atoms. The molecule has 19 heavy (non-hydrogen) atoms. The minimum absolute atomic E-state index is 0.291. The van der Waals surface area contributed by atoms with E-state index >= 15 is 0 Å². The van der Waals surface area contributed by atoms with Gasteiger partial charge in [0.25, 0.3) is 0 Å². The van der Waals surface area contributed by atoms with E-state index in [9.17, 15) is 14.4 Å². The van der Waals surface area contributed by atoms with Crippen molar-refractivity contribution in [3.05, 3.63) is 64.1 Å². The van der Waals surface area contributed by atoms with Crippen LogP contribution in [-0.2, 0) is 0 Å². The summed E-state index contributed by atoms with van der Waals surface area (Å²) in [5.74, 6) is -2.70. The largest absolute Gasteiger partial charge is 0.477 e. The zero-order valence-electron chi connectivity index (χ0n) is 9.61. The van der Waals surface area contributed by atoms with Gasteiger partial charge in [-0.05, 0) is 12.1 Å². The van der Waals surface area contributed by atoms with Crippen molar-refractivity contribution < 1.29 is 19.8 Å². The molecule has 1 aromatic carbocycles. The summed E-state index contributed by atoms with van der Waals surface area (Å²) < 4.78 is 1.16. The quantitative estimate of drug-likeness (QED) is 0.864. The molecule has 0 saturated carbocycles. The Hall–Kier alpha value is -2.89. The van der Waals surface area contributed by atoms with Crippen LogP contribution in [0.2, 0.25) is 0 Å². The van der Waals surface area contributed by atoms with Crippen LogP contribution >= 0.6 is 0 Å². The van der Waals surface area contributed by atoms with Crippen molar-refractivity contribution in [2.45, 2.75) is 0 Å². The molecule has 1 aromatic heterocycles. The lowest BCUT2D eigenvalue weighted by Gasteiger charge is -2.11. The number of pyridine rings is 1. The first-order valence-corrected chi connectivity index (χ1v) is 5.29. The third-order valence-electron chi connectivity index (χ3n) is 2.53. The lowest BCUT2D eigenvalue weighted by molar-refractivity contribution is 0.0672. The summed E-state index contributed by atoms with van der Waals surface area (Å²) in [7, 11) is 0. The molecule has 0 unspecified atom stereocenters. The highest BCUT2D eigenvalue weighted by Crippen LogP contribution is 2.11. The zero-order valence-corrected chi connectivity index (χ0v) is 9.61. The Kier molecular flexibility index (Phi) is 3.15. The normalized spacial score (nSPS) is 10.1. The number of carboxylic acids is 2. The van der Waals surface area contributed by atoms with Gasteiger partial charge in [0.1, 0.15) is 11.3 Å². The number of nitrogens with zero attached hydrogens (tertiary/aromatic N) is 1. The molecule has 2 N–H and O–H groups in total. The highest BCUT2D eigenvalue weighted by molar-refractivity contribution is 5.90. The average Bonchev–Trinajstić information content (AvgIpc) is 2.38. The summed E-state index contributed by atoms with van der Waals surface area (Å²) in [6, 6.07) is 9.13. The summed E-state index contributed by atoms with van der Waals surface area (Å²) in [6.07, 6.45) is 1.02. The van der Waals surface area contributed by atoms with Crippen molar-refractivity contribution >= 4 is 11.9 Å². The van der Waals surface area contributed by atoms with Crippen molar-refractivity contribution in [1.29, 1.82) is 0 Å². The van der Waals surface area contributed by atoms with E-state index in [2.05, 4.69) is 0 Å². The van der Waals surface area contributed by atoms with E-state index in [1.807, 2.05) is 0 Å². The van der Waals surface area contributed by atoms with Crippen molar-refractivity contribution in [2.24, 2.45) is 0 Å². The minimum atomic E-state index is -1.40. The highest BCUT2D eigenvalue weighted by Gasteiger charge is 2.17. The number of aromatic nitrogens is 1. The molecular formula is C13H9NO5. The summed E-state index contributed by atoms with van der Waals surface area (Å²) >= 11 is 0. The predicted molar refractivity (Wildman–Crippen MR) is 66.0 cm³/mol. The van der Waals surface area contributed by atoms with E-state index in [1.54, 1.807) is 30.3 Å². The van der Waals surface area contributed by atoms with Crippen LogP contribution in [0.15, 0.2) is 47.4 Å². The van der Waals surface area contributed by atoms with Crippen LogP contribution in [0.3, 0.4) is 0 Å². The maximum atomic E-state index is 11.5. The molecule has 0 spiro atoms. The molecule has 1 heterocycles. The van der Waals surface area contributed by atoms with E-state index < -0.39 is 22.9 Å². The molecule has 2 aromatic rings. The minimum Gasteiger partial charge on any atom is -0.477 e. The summed E-state index contributed by atoms with van der Waals surface area (Å²) in [5, 5.41) is 18.0. The van der Waals surface area contributed by atoms with Gasteiger partial charge in [-0.1, -0.05) is 18.2 Å². The third kappa shape index (κ3) is 2.37. The monoisotopic (exact) mass is 259 g/mol. The van der Waals surface area contributed by atoms with Gasteiger partial charge in [0.15, 0.2) is 5.43 Å². The number of rotatable bonds is 3. The van der Waals surface area contributed by atoms with E-state index in [4.69, 9.17) is 10.2 Å². The molecule has 96 valence electrons. The third-order valence-corrected chi connectivity index (χ3v) is 2.53. The Morgan fingerprint density at radius 2 is 1.63 bits per heavy atom. The molecular weight excluding hydrogens is 250 g/mol. The number of para-hydroxylation sites is 1. The van der Waals surface area contributed by atoms with E-state index in [0.29, 0.717) is 5.69 Å². The topological polar surface area (TPSA) is 96.6 Å². The lowest BCUT2D eigenvalue weighted by Crippen LogP contribution is -2.21. The molecule has 0 fully saturated rings. The van der Waals surface area contributed by atoms with Crippen molar-refractivity contribution in [3.63, 3.8) is 0 Å². The molecule has 6 heteroatoms. The maximum absolute atomic E-state index is 11.5. The first kappa shape index (κ1) is 12.6. The van der Waals surface area contributed by atoms with Gasteiger partial charge < -0.3 is 14.8 Å². The number of aromatic carboxylic acids is 2. The van der Waals surface area contributed by atoms with Crippen LogP contribution < -0.4 is 5.43 Å². The van der Waals surface area contributed by atoms with Crippen LogP contribution in [0.1, 0.15) is 20.8 Å². The SMILES string of the molecule is O=C(O)c1cn(-c2ccccc2)c(C(=O)O)cc1=O.